The van der Waals surface area contributed by atoms with Crippen LogP contribution in [-0.2, 0) is 9.53 Å². The smallest absolute Gasteiger partial charge is 0.409 e. The van der Waals surface area contributed by atoms with Gasteiger partial charge in [-0.25, -0.2) is 0 Å². The van der Waals surface area contributed by atoms with Crippen LogP contribution in [0.3, 0.4) is 0 Å². The number of esters is 1. The van der Waals surface area contributed by atoms with Crippen LogP contribution in [0.4, 0.5) is 18.9 Å². The molecule has 1 N–H and O–H groups in total. The minimum atomic E-state index is -4.57. The van der Waals surface area contributed by atoms with Gasteiger partial charge in [-0.05, 0) is 45.0 Å². The molecule has 1 unspecified atom stereocenters. The van der Waals surface area contributed by atoms with E-state index in [2.05, 4.69) is 5.32 Å². The Morgan fingerprint density at radius 2 is 1.73 bits per heavy atom. The number of halogens is 3. The van der Waals surface area contributed by atoms with Crippen molar-refractivity contribution in [3.63, 3.8) is 0 Å². The lowest BCUT2D eigenvalue weighted by Crippen LogP contribution is -2.39. The van der Waals surface area contributed by atoms with Crippen molar-refractivity contribution < 1.29 is 27.4 Å². The van der Waals surface area contributed by atoms with Gasteiger partial charge < -0.3 is 14.8 Å². The number of anilines is 1. The molecule has 1 rings (SSSR count). The van der Waals surface area contributed by atoms with Gasteiger partial charge in [-0.2, -0.15) is 13.2 Å². The quantitative estimate of drug-likeness (QED) is 0.839. The van der Waals surface area contributed by atoms with Crippen molar-refractivity contribution in [2.24, 2.45) is 0 Å². The van der Waals surface area contributed by atoms with E-state index in [1.54, 1.807) is 20.8 Å². The highest BCUT2D eigenvalue weighted by atomic mass is 19.4. The third-order valence-corrected chi connectivity index (χ3v) is 2.62. The Morgan fingerprint density at radius 1 is 1.18 bits per heavy atom. The lowest BCUT2D eigenvalue weighted by Gasteiger charge is -2.25. The monoisotopic (exact) mass is 319 g/mol. The number of alkyl halides is 3. The zero-order valence-electron chi connectivity index (χ0n) is 13.0. The number of methoxy groups -OCH3 is 1. The Bertz CT molecular complexity index is 492. The number of carbonyl (C=O) groups excluding carboxylic acids is 1. The van der Waals surface area contributed by atoms with Crippen LogP contribution in [-0.4, -0.2) is 30.9 Å². The molecule has 0 aromatic heterocycles. The molecular formula is C15H20F3NO3. The molecule has 0 bridgehead atoms. The molecule has 4 nitrogen and oxygen atoms in total. The van der Waals surface area contributed by atoms with Gasteiger partial charge in [0.1, 0.15) is 17.4 Å². The summed E-state index contributed by atoms with van der Waals surface area (Å²) in [5, 5.41) is 2.31. The number of benzene rings is 1. The highest BCUT2D eigenvalue weighted by molar-refractivity contribution is 5.71. The summed E-state index contributed by atoms with van der Waals surface area (Å²) in [4.78, 5) is 11.6. The summed E-state index contributed by atoms with van der Waals surface area (Å²) in [6.07, 6.45) is -5.37. The van der Waals surface area contributed by atoms with E-state index in [4.69, 9.17) is 9.47 Å². The molecule has 0 aliphatic heterocycles. The van der Waals surface area contributed by atoms with Crippen LogP contribution >= 0.6 is 0 Å². The average molecular weight is 319 g/mol. The summed E-state index contributed by atoms with van der Waals surface area (Å²) in [5.74, 6) is -0.378. The van der Waals surface area contributed by atoms with Crippen molar-refractivity contribution in [1.82, 2.24) is 0 Å². The largest absolute Gasteiger partial charge is 0.497 e. The molecule has 0 fully saturated rings. The van der Waals surface area contributed by atoms with Crippen LogP contribution < -0.4 is 10.1 Å². The molecule has 22 heavy (non-hydrogen) atoms. The van der Waals surface area contributed by atoms with Crippen molar-refractivity contribution in [1.29, 1.82) is 0 Å². The van der Waals surface area contributed by atoms with Crippen LogP contribution in [0.15, 0.2) is 24.3 Å². The van der Waals surface area contributed by atoms with Crippen molar-refractivity contribution >= 4 is 11.7 Å². The van der Waals surface area contributed by atoms with Gasteiger partial charge >= 0.3 is 12.1 Å². The van der Waals surface area contributed by atoms with Crippen LogP contribution in [0, 0.1) is 0 Å². The van der Waals surface area contributed by atoms with Crippen molar-refractivity contribution in [2.45, 2.75) is 45.0 Å². The highest BCUT2D eigenvalue weighted by Crippen LogP contribution is 2.27. The van der Waals surface area contributed by atoms with E-state index in [-0.39, 0.29) is 5.69 Å². The molecule has 0 amide bonds. The summed E-state index contributed by atoms with van der Waals surface area (Å²) in [7, 11) is 1.46. The van der Waals surface area contributed by atoms with Gasteiger partial charge in [0.05, 0.1) is 13.5 Å². The number of carbonyl (C=O) groups is 1. The SMILES string of the molecule is COc1ccc(NC(CC(=O)OC(C)(C)C)C(F)(F)F)cc1. The number of hydrogen-bond acceptors (Lipinski definition) is 4. The standard InChI is InChI=1S/C15H20F3NO3/c1-14(2,3)22-13(20)9-12(15(16,17)18)19-10-5-7-11(21-4)8-6-10/h5-8,12,19H,9H2,1-4H3. The van der Waals surface area contributed by atoms with Gasteiger partial charge in [-0.1, -0.05) is 0 Å². The molecule has 0 spiro atoms. The van der Waals surface area contributed by atoms with Crippen molar-refractivity contribution in [3.05, 3.63) is 24.3 Å². The zero-order chi connectivity index (χ0) is 17.0. The van der Waals surface area contributed by atoms with Gasteiger partial charge in [0.2, 0.25) is 0 Å². The van der Waals surface area contributed by atoms with Crippen LogP contribution in [0.5, 0.6) is 5.75 Å². The van der Waals surface area contributed by atoms with E-state index in [9.17, 15) is 18.0 Å². The summed E-state index contributed by atoms with van der Waals surface area (Å²) in [5.41, 5.74) is -0.584. The lowest BCUT2D eigenvalue weighted by atomic mass is 10.1. The van der Waals surface area contributed by atoms with Gasteiger partial charge in [0, 0.05) is 5.69 Å². The highest BCUT2D eigenvalue weighted by Gasteiger charge is 2.41. The zero-order valence-corrected chi connectivity index (χ0v) is 13.0. The molecule has 0 aliphatic rings. The predicted octanol–water partition coefficient (Wildman–Crippen LogP) is 3.77. The summed E-state index contributed by atoms with van der Waals surface area (Å²) in [6.45, 7) is 4.80. The number of rotatable bonds is 5. The molecule has 1 atom stereocenters. The summed E-state index contributed by atoms with van der Waals surface area (Å²) in [6, 6.07) is 3.95. The lowest BCUT2D eigenvalue weighted by molar-refractivity contribution is -0.168. The normalized spacial score (nSPS) is 13.4. The number of hydrogen-bond donors (Lipinski definition) is 1. The third kappa shape index (κ3) is 6.24. The maximum Gasteiger partial charge on any atom is 0.409 e. The van der Waals surface area contributed by atoms with Gasteiger partial charge in [0.25, 0.3) is 0 Å². The van der Waals surface area contributed by atoms with E-state index in [0.717, 1.165) is 0 Å². The fourth-order valence-electron chi connectivity index (χ4n) is 1.69. The molecular weight excluding hydrogens is 299 g/mol. The fraction of sp³-hybridized carbons (Fsp3) is 0.533. The Balaban J connectivity index is 2.78. The second-order valence-electron chi connectivity index (χ2n) is 5.76. The molecule has 0 heterocycles. The fourth-order valence-corrected chi connectivity index (χ4v) is 1.69. The predicted molar refractivity (Wildman–Crippen MR) is 76.9 cm³/mol. The summed E-state index contributed by atoms with van der Waals surface area (Å²) < 4.78 is 49.0. The Kier molecular flexibility index (Phi) is 5.68. The molecule has 7 heteroatoms. The Labute approximate surface area is 127 Å². The van der Waals surface area contributed by atoms with E-state index < -0.39 is 30.2 Å². The molecule has 0 aliphatic carbocycles. The van der Waals surface area contributed by atoms with Crippen LogP contribution in [0.1, 0.15) is 27.2 Å². The molecule has 0 radical (unpaired) electrons. The average Bonchev–Trinajstić information content (AvgIpc) is 2.35. The van der Waals surface area contributed by atoms with Crippen molar-refractivity contribution in [2.75, 3.05) is 12.4 Å². The van der Waals surface area contributed by atoms with Crippen LogP contribution in [0.2, 0.25) is 0 Å². The van der Waals surface area contributed by atoms with E-state index >= 15 is 0 Å². The second kappa shape index (κ2) is 6.89. The molecule has 1 aromatic carbocycles. The molecule has 124 valence electrons. The summed E-state index contributed by atoms with van der Waals surface area (Å²) >= 11 is 0. The minimum Gasteiger partial charge on any atom is -0.497 e. The molecule has 0 saturated carbocycles. The van der Waals surface area contributed by atoms with Gasteiger partial charge in [0.15, 0.2) is 0 Å². The Hall–Kier alpha value is -1.92. The van der Waals surface area contributed by atoms with E-state index in [1.807, 2.05) is 0 Å². The minimum absolute atomic E-state index is 0.242. The second-order valence-corrected chi connectivity index (χ2v) is 5.76. The first-order chi connectivity index (χ1) is 10.0. The first-order valence-corrected chi connectivity index (χ1v) is 6.70. The maximum atomic E-state index is 13.0. The molecule has 0 saturated heterocycles. The van der Waals surface area contributed by atoms with Crippen molar-refractivity contribution in [3.8, 4) is 5.75 Å². The van der Waals surface area contributed by atoms with Gasteiger partial charge in [-0.15, -0.1) is 0 Å². The topological polar surface area (TPSA) is 47.6 Å². The maximum absolute atomic E-state index is 13.0. The number of nitrogens with one attached hydrogen (secondary N) is 1. The number of ether oxygens (including phenoxy) is 2. The Morgan fingerprint density at radius 3 is 2.14 bits per heavy atom. The molecule has 1 aromatic rings. The van der Waals surface area contributed by atoms with E-state index in [1.165, 1.54) is 31.4 Å². The first kappa shape index (κ1) is 18.1. The van der Waals surface area contributed by atoms with Gasteiger partial charge in [-0.3, -0.25) is 4.79 Å². The third-order valence-electron chi connectivity index (χ3n) is 2.62. The van der Waals surface area contributed by atoms with Crippen LogP contribution in [0.25, 0.3) is 0 Å². The first-order valence-electron chi connectivity index (χ1n) is 6.70. The van der Waals surface area contributed by atoms with E-state index in [0.29, 0.717) is 5.75 Å².